The molecule has 0 unspecified atom stereocenters. The summed E-state index contributed by atoms with van der Waals surface area (Å²) in [6, 6.07) is 16.2. The van der Waals surface area contributed by atoms with Crippen LogP contribution < -0.4 is 5.32 Å². The van der Waals surface area contributed by atoms with E-state index in [0.717, 1.165) is 11.3 Å². The zero-order valence-electron chi connectivity index (χ0n) is 16.3. The molecule has 1 fully saturated rings. The lowest BCUT2D eigenvalue weighted by Gasteiger charge is -2.30. The molecular formula is C23H24N2O4. The Hall–Kier alpha value is -3.41. The molecule has 1 N–H and O–H groups in total. The quantitative estimate of drug-likeness (QED) is 0.625. The highest BCUT2D eigenvalue weighted by atomic mass is 16.5. The van der Waals surface area contributed by atoms with Gasteiger partial charge in [0.15, 0.2) is 0 Å². The average molecular weight is 392 g/mol. The van der Waals surface area contributed by atoms with Crippen LogP contribution in [0, 0.1) is 5.92 Å². The number of hydrogen-bond acceptors (Lipinski definition) is 4. The fourth-order valence-electron chi connectivity index (χ4n) is 3.25. The number of likely N-dealkylation sites (tertiary alicyclic amines) is 1. The van der Waals surface area contributed by atoms with E-state index < -0.39 is 5.97 Å². The number of carbonyl (C=O) groups excluding carboxylic acids is 3. The second-order valence-corrected chi connectivity index (χ2v) is 6.90. The van der Waals surface area contributed by atoms with Crippen LogP contribution in [-0.4, -0.2) is 42.9 Å². The molecular weight excluding hydrogens is 368 g/mol. The van der Waals surface area contributed by atoms with E-state index in [2.05, 4.69) is 10.1 Å². The number of hydrogen-bond donors (Lipinski definition) is 1. The first-order valence-electron chi connectivity index (χ1n) is 9.58. The van der Waals surface area contributed by atoms with Gasteiger partial charge in [-0.2, -0.15) is 0 Å². The minimum atomic E-state index is -0.393. The molecule has 1 heterocycles. The highest BCUT2D eigenvalue weighted by Crippen LogP contribution is 2.20. The monoisotopic (exact) mass is 392 g/mol. The van der Waals surface area contributed by atoms with Gasteiger partial charge in [-0.1, -0.05) is 30.3 Å². The van der Waals surface area contributed by atoms with Crippen molar-refractivity contribution in [3.8, 4) is 0 Å². The second-order valence-electron chi connectivity index (χ2n) is 6.90. The van der Waals surface area contributed by atoms with Gasteiger partial charge in [0.2, 0.25) is 11.8 Å². The number of benzene rings is 2. The van der Waals surface area contributed by atoms with Crippen molar-refractivity contribution >= 4 is 29.5 Å². The number of esters is 1. The van der Waals surface area contributed by atoms with Crippen LogP contribution in [0.2, 0.25) is 0 Å². The van der Waals surface area contributed by atoms with E-state index in [-0.39, 0.29) is 17.7 Å². The fourth-order valence-corrected chi connectivity index (χ4v) is 3.25. The van der Waals surface area contributed by atoms with E-state index in [9.17, 15) is 14.4 Å². The van der Waals surface area contributed by atoms with Crippen LogP contribution in [-0.2, 0) is 14.3 Å². The van der Waals surface area contributed by atoms with Gasteiger partial charge in [-0.25, -0.2) is 4.79 Å². The Labute approximate surface area is 170 Å². The maximum Gasteiger partial charge on any atom is 0.337 e. The van der Waals surface area contributed by atoms with Gasteiger partial charge in [0.25, 0.3) is 0 Å². The molecule has 0 radical (unpaired) electrons. The van der Waals surface area contributed by atoms with E-state index in [4.69, 9.17) is 0 Å². The van der Waals surface area contributed by atoms with Crippen molar-refractivity contribution in [3.05, 3.63) is 71.8 Å². The third kappa shape index (κ3) is 5.54. The summed E-state index contributed by atoms with van der Waals surface area (Å²) in [5.74, 6) is -0.557. The number of amides is 2. The molecule has 1 saturated heterocycles. The van der Waals surface area contributed by atoms with Crippen LogP contribution in [0.1, 0.15) is 28.8 Å². The molecule has 0 atom stereocenters. The molecule has 29 heavy (non-hydrogen) atoms. The van der Waals surface area contributed by atoms with Gasteiger partial charge in [-0.15, -0.1) is 0 Å². The molecule has 2 aromatic carbocycles. The third-order valence-electron chi connectivity index (χ3n) is 4.97. The summed E-state index contributed by atoms with van der Waals surface area (Å²) in [4.78, 5) is 38.0. The lowest BCUT2D eigenvalue weighted by Crippen LogP contribution is -2.40. The van der Waals surface area contributed by atoms with Crippen molar-refractivity contribution in [1.29, 1.82) is 0 Å². The molecule has 150 valence electrons. The van der Waals surface area contributed by atoms with Crippen molar-refractivity contribution in [2.24, 2.45) is 5.92 Å². The average Bonchev–Trinajstić information content (AvgIpc) is 2.78. The van der Waals surface area contributed by atoms with E-state index in [1.165, 1.54) is 13.2 Å². The van der Waals surface area contributed by atoms with Gasteiger partial charge in [-0.05, 0) is 48.7 Å². The zero-order chi connectivity index (χ0) is 20.6. The number of methoxy groups -OCH3 is 1. The largest absolute Gasteiger partial charge is 0.465 e. The summed E-state index contributed by atoms with van der Waals surface area (Å²) < 4.78 is 4.67. The first-order chi connectivity index (χ1) is 14.1. The zero-order valence-corrected chi connectivity index (χ0v) is 16.3. The molecule has 0 saturated carbocycles. The molecule has 0 spiro atoms. The van der Waals surface area contributed by atoms with Gasteiger partial charge in [0.1, 0.15) is 0 Å². The predicted octanol–water partition coefficient (Wildman–Crippen LogP) is 3.36. The maximum absolute atomic E-state index is 12.4. The Morgan fingerprint density at radius 3 is 2.28 bits per heavy atom. The van der Waals surface area contributed by atoms with Crippen molar-refractivity contribution in [1.82, 2.24) is 4.90 Å². The summed E-state index contributed by atoms with van der Waals surface area (Å²) in [7, 11) is 1.34. The lowest BCUT2D eigenvalue weighted by molar-refractivity contribution is -0.130. The number of nitrogens with one attached hydrogen (secondary N) is 1. The maximum atomic E-state index is 12.4. The Morgan fingerprint density at radius 2 is 1.66 bits per heavy atom. The summed E-state index contributed by atoms with van der Waals surface area (Å²) in [5.41, 5.74) is 2.08. The SMILES string of the molecule is COC(=O)c1ccc(/C=C/C(=O)N2CCC(C(=O)Nc3ccccc3)CC2)cc1. The molecule has 6 heteroatoms. The molecule has 6 nitrogen and oxygen atoms in total. The number of anilines is 1. The van der Waals surface area contributed by atoms with Gasteiger partial charge in [0, 0.05) is 30.8 Å². The number of para-hydroxylation sites is 1. The van der Waals surface area contributed by atoms with Crippen LogP contribution in [0.4, 0.5) is 5.69 Å². The third-order valence-corrected chi connectivity index (χ3v) is 4.97. The summed E-state index contributed by atoms with van der Waals surface area (Å²) >= 11 is 0. The molecule has 2 amide bonds. The number of carbonyl (C=O) groups is 3. The molecule has 1 aliphatic heterocycles. The van der Waals surface area contributed by atoms with Crippen LogP contribution in [0.25, 0.3) is 6.08 Å². The Bertz CT molecular complexity index is 883. The lowest BCUT2D eigenvalue weighted by atomic mass is 9.95. The smallest absolute Gasteiger partial charge is 0.337 e. The first-order valence-corrected chi connectivity index (χ1v) is 9.58. The summed E-state index contributed by atoms with van der Waals surface area (Å²) in [6.45, 7) is 1.11. The highest BCUT2D eigenvalue weighted by Gasteiger charge is 2.26. The topological polar surface area (TPSA) is 75.7 Å². The normalized spacial score (nSPS) is 14.6. The van der Waals surface area contributed by atoms with Crippen LogP contribution in [0.3, 0.4) is 0 Å². The molecule has 2 aromatic rings. The van der Waals surface area contributed by atoms with Crippen molar-refractivity contribution in [2.75, 3.05) is 25.5 Å². The first kappa shape index (κ1) is 20.3. The van der Waals surface area contributed by atoms with Crippen LogP contribution in [0.5, 0.6) is 0 Å². The summed E-state index contributed by atoms with van der Waals surface area (Å²) in [5, 5.41) is 2.93. The van der Waals surface area contributed by atoms with Crippen molar-refractivity contribution in [2.45, 2.75) is 12.8 Å². The van der Waals surface area contributed by atoms with Gasteiger partial charge >= 0.3 is 5.97 Å². The van der Waals surface area contributed by atoms with Gasteiger partial charge in [-0.3, -0.25) is 9.59 Å². The molecule has 0 aromatic heterocycles. The minimum absolute atomic E-state index is 0.00420. The number of piperidine rings is 1. The van der Waals surface area contributed by atoms with Crippen molar-refractivity contribution in [3.63, 3.8) is 0 Å². The van der Waals surface area contributed by atoms with Crippen LogP contribution >= 0.6 is 0 Å². The van der Waals surface area contributed by atoms with Gasteiger partial charge < -0.3 is 15.0 Å². The summed E-state index contributed by atoms with van der Waals surface area (Å²) in [6.07, 6.45) is 4.53. The van der Waals surface area contributed by atoms with E-state index >= 15 is 0 Å². The molecule has 0 bridgehead atoms. The Morgan fingerprint density at radius 1 is 1.00 bits per heavy atom. The van der Waals surface area contributed by atoms with E-state index in [1.54, 1.807) is 35.2 Å². The Balaban J connectivity index is 1.49. The van der Waals surface area contributed by atoms with E-state index in [0.29, 0.717) is 31.5 Å². The predicted molar refractivity (Wildman–Crippen MR) is 111 cm³/mol. The number of ether oxygens (including phenoxy) is 1. The standard InChI is InChI=1S/C23H24N2O4/c1-29-23(28)19-10-7-17(8-11-19)9-12-21(26)25-15-13-18(14-16-25)22(27)24-20-5-3-2-4-6-20/h2-12,18H,13-16H2,1H3,(H,24,27)/b12-9+. The van der Waals surface area contributed by atoms with Gasteiger partial charge in [0.05, 0.1) is 12.7 Å². The van der Waals surface area contributed by atoms with E-state index in [1.807, 2.05) is 30.3 Å². The number of rotatable bonds is 5. The van der Waals surface area contributed by atoms with Crippen LogP contribution in [0.15, 0.2) is 60.7 Å². The fraction of sp³-hybridized carbons (Fsp3) is 0.261. The number of nitrogens with zero attached hydrogens (tertiary/aromatic N) is 1. The minimum Gasteiger partial charge on any atom is -0.465 e. The highest BCUT2D eigenvalue weighted by molar-refractivity contribution is 5.94. The second kappa shape index (κ2) is 9.68. The molecule has 3 rings (SSSR count). The molecule has 0 aliphatic carbocycles. The van der Waals surface area contributed by atoms with Crippen molar-refractivity contribution < 1.29 is 19.1 Å². The molecule has 1 aliphatic rings. The Kier molecular flexibility index (Phi) is 6.79.